The van der Waals surface area contributed by atoms with Crippen LogP contribution < -0.4 is 11.1 Å². The van der Waals surface area contributed by atoms with Gasteiger partial charge in [0.05, 0.1) is 11.8 Å². The maximum absolute atomic E-state index is 12.7. The van der Waals surface area contributed by atoms with Crippen LogP contribution in [-0.4, -0.2) is 34.2 Å². The Morgan fingerprint density at radius 3 is 2.48 bits per heavy atom. The van der Waals surface area contributed by atoms with Gasteiger partial charge in [-0.1, -0.05) is 57.2 Å². The summed E-state index contributed by atoms with van der Waals surface area (Å²) in [5, 5.41) is 4.30. The van der Waals surface area contributed by atoms with Gasteiger partial charge in [0.2, 0.25) is 5.91 Å². The highest BCUT2D eigenvalue weighted by atomic mass is 28.4. The standard InChI is InChI=1S/C33H45N5O3Si/c1-24-21-37(19-11-16-31(41-42(5,6)33(2,3)4)38-22-28(32(34)40)35-23-38)29-20-26(17-18-27(24)29)36-30(39)15-10-14-25-12-8-7-9-13-25/h7-9,12-13,17-18,20-23,31H,10-11,14-16,19H2,1-6H3,(H2,34,40)(H,36,39). The molecule has 4 aromatic rings. The third kappa shape index (κ3) is 7.77. The third-order valence-corrected chi connectivity index (χ3v) is 12.8. The molecule has 1 atom stereocenters. The number of benzene rings is 2. The number of amides is 2. The Morgan fingerprint density at radius 1 is 1.07 bits per heavy atom. The van der Waals surface area contributed by atoms with Crippen LogP contribution in [0.4, 0.5) is 5.69 Å². The van der Waals surface area contributed by atoms with Gasteiger partial charge in [-0.2, -0.15) is 0 Å². The fourth-order valence-corrected chi connectivity index (χ4v) is 6.18. The number of rotatable bonds is 13. The number of nitrogens with zero attached hydrogens (tertiary/aromatic N) is 3. The van der Waals surface area contributed by atoms with E-state index in [1.807, 2.05) is 28.8 Å². The molecule has 0 aliphatic rings. The van der Waals surface area contributed by atoms with Gasteiger partial charge in [0, 0.05) is 36.4 Å². The second kappa shape index (κ2) is 13.1. The topological polar surface area (TPSA) is 104 Å². The SMILES string of the molecule is Cc1cn(CCCC(O[Si](C)(C)C(C)(C)C)n2cnc(C(N)=O)c2)c2cc(NC(=O)CCCc3ccccc3)ccc12. The molecule has 224 valence electrons. The molecule has 0 radical (unpaired) electrons. The van der Waals surface area contributed by atoms with Crippen LogP contribution >= 0.6 is 0 Å². The zero-order valence-corrected chi connectivity index (χ0v) is 26.8. The van der Waals surface area contributed by atoms with E-state index in [9.17, 15) is 9.59 Å². The van der Waals surface area contributed by atoms with Crippen LogP contribution in [-0.2, 0) is 22.2 Å². The van der Waals surface area contributed by atoms with Gasteiger partial charge >= 0.3 is 0 Å². The molecule has 0 bridgehead atoms. The molecule has 0 fully saturated rings. The van der Waals surface area contributed by atoms with Gasteiger partial charge in [0.25, 0.3) is 5.91 Å². The molecule has 0 saturated carbocycles. The zero-order valence-electron chi connectivity index (χ0n) is 25.8. The molecular weight excluding hydrogens is 542 g/mol. The van der Waals surface area contributed by atoms with Crippen molar-refractivity contribution in [2.24, 2.45) is 5.73 Å². The van der Waals surface area contributed by atoms with E-state index in [0.29, 0.717) is 6.42 Å². The number of carbonyl (C=O) groups excluding carboxylic acids is 2. The van der Waals surface area contributed by atoms with Crippen LogP contribution in [0.5, 0.6) is 0 Å². The highest BCUT2D eigenvalue weighted by Crippen LogP contribution is 2.39. The lowest BCUT2D eigenvalue weighted by molar-refractivity contribution is -0.116. The molecule has 2 aromatic carbocycles. The van der Waals surface area contributed by atoms with Gasteiger partial charge < -0.3 is 24.6 Å². The monoisotopic (exact) mass is 587 g/mol. The molecule has 3 N–H and O–H groups in total. The number of carbonyl (C=O) groups is 2. The van der Waals surface area contributed by atoms with E-state index in [1.165, 1.54) is 16.5 Å². The van der Waals surface area contributed by atoms with Crippen LogP contribution in [0.2, 0.25) is 18.1 Å². The molecule has 42 heavy (non-hydrogen) atoms. The fourth-order valence-electron chi connectivity index (χ4n) is 4.90. The summed E-state index contributed by atoms with van der Waals surface area (Å²) in [6.45, 7) is 14.0. The summed E-state index contributed by atoms with van der Waals surface area (Å²) >= 11 is 0. The third-order valence-electron chi connectivity index (χ3n) is 8.35. The van der Waals surface area contributed by atoms with Crippen molar-refractivity contribution >= 4 is 36.7 Å². The number of imidazole rings is 1. The first-order valence-corrected chi connectivity index (χ1v) is 17.7. The molecule has 8 nitrogen and oxygen atoms in total. The van der Waals surface area contributed by atoms with E-state index < -0.39 is 14.2 Å². The summed E-state index contributed by atoms with van der Waals surface area (Å²) in [5.41, 5.74) is 10.0. The van der Waals surface area contributed by atoms with Gasteiger partial charge in [-0.15, -0.1) is 0 Å². The Balaban J connectivity index is 1.43. The molecule has 0 saturated heterocycles. The molecule has 0 aliphatic heterocycles. The van der Waals surface area contributed by atoms with Crippen LogP contribution in [0.15, 0.2) is 67.3 Å². The molecule has 0 aliphatic carbocycles. The van der Waals surface area contributed by atoms with E-state index in [1.54, 1.807) is 12.5 Å². The zero-order chi connectivity index (χ0) is 30.5. The summed E-state index contributed by atoms with van der Waals surface area (Å²) in [5.74, 6) is -0.519. The van der Waals surface area contributed by atoms with Gasteiger partial charge in [0.1, 0.15) is 11.9 Å². The second-order valence-corrected chi connectivity index (χ2v) is 17.4. The Labute approximate surface area is 250 Å². The van der Waals surface area contributed by atoms with Crippen molar-refractivity contribution in [1.82, 2.24) is 14.1 Å². The van der Waals surface area contributed by atoms with Gasteiger partial charge in [0.15, 0.2) is 8.32 Å². The van der Waals surface area contributed by atoms with Crippen molar-refractivity contribution in [2.75, 3.05) is 5.32 Å². The first kappa shape index (κ1) is 31.2. The summed E-state index contributed by atoms with van der Waals surface area (Å²) in [6.07, 6.45) is 9.02. The van der Waals surface area contributed by atoms with Crippen molar-refractivity contribution < 1.29 is 14.0 Å². The average molecular weight is 588 g/mol. The molecule has 2 amide bonds. The lowest BCUT2D eigenvalue weighted by Crippen LogP contribution is -2.42. The van der Waals surface area contributed by atoms with Gasteiger partial charge in [-0.05, 0) is 74.0 Å². The van der Waals surface area contributed by atoms with E-state index in [-0.39, 0.29) is 22.9 Å². The minimum absolute atomic E-state index is 0.0291. The number of nitrogens with two attached hydrogens (primary N) is 1. The molecular formula is C33H45N5O3Si. The minimum Gasteiger partial charge on any atom is -0.397 e. The molecule has 4 rings (SSSR count). The first-order chi connectivity index (χ1) is 19.8. The van der Waals surface area contributed by atoms with Crippen LogP contribution in [0.1, 0.15) is 74.3 Å². The minimum atomic E-state index is -2.10. The number of nitrogens with one attached hydrogen (secondary N) is 1. The Bertz CT molecular complexity index is 1520. The highest BCUT2D eigenvalue weighted by Gasteiger charge is 2.39. The number of aromatic nitrogens is 3. The van der Waals surface area contributed by atoms with Crippen molar-refractivity contribution in [3.8, 4) is 0 Å². The number of primary amides is 1. The number of hydrogen-bond donors (Lipinski definition) is 2. The van der Waals surface area contributed by atoms with Gasteiger partial charge in [-0.3, -0.25) is 9.59 Å². The van der Waals surface area contributed by atoms with Crippen LogP contribution in [0, 0.1) is 6.92 Å². The molecule has 1 unspecified atom stereocenters. The molecule has 2 aromatic heterocycles. The highest BCUT2D eigenvalue weighted by molar-refractivity contribution is 6.74. The number of fused-ring (bicyclic) bond motifs is 1. The number of aryl methyl sites for hydroxylation is 3. The predicted molar refractivity (Wildman–Crippen MR) is 172 cm³/mol. The van der Waals surface area contributed by atoms with E-state index in [4.69, 9.17) is 10.2 Å². The Morgan fingerprint density at radius 2 is 1.81 bits per heavy atom. The van der Waals surface area contributed by atoms with Gasteiger partial charge in [-0.25, -0.2) is 4.98 Å². The quantitative estimate of drug-likeness (QED) is 0.161. The predicted octanol–water partition coefficient (Wildman–Crippen LogP) is 7.21. The Kier molecular flexibility index (Phi) is 9.73. The summed E-state index contributed by atoms with van der Waals surface area (Å²) in [6, 6.07) is 16.4. The summed E-state index contributed by atoms with van der Waals surface area (Å²) in [4.78, 5) is 28.6. The molecule has 2 heterocycles. The molecule has 0 spiro atoms. The lowest BCUT2D eigenvalue weighted by atomic mass is 10.1. The number of hydrogen-bond acceptors (Lipinski definition) is 4. The van der Waals surface area contributed by atoms with Crippen molar-refractivity contribution in [1.29, 1.82) is 0 Å². The summed E-state index contributed by atoms with van der Waals surface area (Å²) in [7, 11) is -2.10. The lowest BCUT2D eigenvalue weighted by Gasteiger charge is -2.39. The first-order valence-electron chi connectivity index (χ1n) is 14.8. The normalized spacial score (nSPS) is 12.9. The number of anilines is 1. The van der Waals surface area contributed by atoms with E-state index >= 15 is 0 Å². The fraction of sp³-hybridized carbons (Fsp3) is 0.424. The average Bonchev–Trinajstić information content (AvgIpc) is 3.53. The largest absolute Gasteiger partial charge is 0.397 e. The van der Waals surface area contributed by atoms with Crippen LogP contribution in [0.3, 0.4) is 0 Å². The smallest absolute Gasteiger partial charge is 0.268 e. The maximum atomic E-state index is 12.7. The van der Waals surface area contributed by atoms with Crippen molar-refractivity contribution in [3.63, 3.8) is 0 Å². The van der Waals surface area contributed by atoms with Crippen molar-refractivity contribution in [3.05, 3.63) is 84.1 Å². The Hall–Kier alpha value is -3.69. The van der Waals surface area contributed by atoms with E-state index in [2.05, 4.69) is 86.1 Å². The van der Waals surface area contributed by atoms with Crippen molar-refractivity contribution in [2.45, 2.75) is 90.7 Å². The van der Waals surface area contributed by atoms with Crippen LogP contribution in [0.25, 0.3) is 10.9 Å². The second-order valence-electron chi connectivity index (χ2n) is 12.7. The summed E-state index contributed by atoms with van der Waals surface area (Å²) < 4.78 is 10.9. The molecule has 9 heteroatoms. The maximum Gasteiger partial charge on any atom is 0.268 e. The van der Waals surface area contributed by atoms with E-state index in [0.717, 1.165) is 43.4 Å².